The van der Waals surface area contributed by atoms with E-state index in [2.05, 4.69) is 180 Å². The Labute approximate surface area is 270 Å². The van der Waals surface area contributed by atoms with Gasteiger partial charge in [-0.25, -0.2) is 0 Å². The average Bonchev–Trinajstić information content (AvgIpc) is 3.48. The normalized spacial score (nSPS) is 11.5. The number of hydrogen-bond donors (Lipinski definition) is 0. The van der Waals surface area contributed by atoms with Gasteiger partial charge in [0.2, 0.25) is 0 Å². The molecule has 0 saturated heterocycles. The summed E-state index contributed by atoms with van der Waals surface area (Å²) in [5, 5.41) is 17.3. The highest BCUT2D eigenvalue weighted by Crippen LogP contribution is 2.32. The summed E-state index contributed by atoms with van der Waals surface area (Å²) >= 11 is 0. The van der Waals surface area contributed by atoms with Gasteiger partial charge in [0, 0.05) is 16.5 Å². The number of nitriles is 1. The minimum absolute atomic E-state index is 0.668. The van der Waals surface area contributed by atoms with Crippen LogP contribution in [0.1, 0.15) is 5.56 Å². The number of fused-ring (bicyclic) bond motifs is 3. The van der Waals surface area contributed by atoms with E-state index >= 15 is 0 Å². The molecule has 1 heterocycles. The van der Waals surface area contributed by atoms with Gasteiger partial charge in [0.05, 0.1) is 22.7 Å². The average molecular weight is 603 g/mol. The van der Waals surface area contributed by atoms with Crippen molar-refractivity contribution in [3.05, 3.63) is 188 Å². The Hall–Kier alpha value is -5.95. The molecule has 3 heteroatoms. The van der Waals surface area contributed by atoms with Crippen molar-refractivity contribution in [2.75, 3.05) is 0 Å². The van der Waals surface area contributed by atoms with Crippen molar-refractivity contribution < 1.29 is 0 Å². The Balaban J connectivity index is 1.36. The Morgan fingerprint density at radius 2 is 0.913 bits per heavy atom. The quantitative estimate of drug-likeness (QED) is 0.142. The maximum atomic E-state index is 9.64. The van der Waals surface area contributed by atoms with E-state index < -0.39 is 8.07 Å². The lowest BCUT2D eigenvalue weighted by atomic mass is 10.1. The van der Waals surface area contributed by atoms with Gasteiger partial charge in [0.15, 0.2) is 8.07 Å². The molecule has 0 saturated carbocycles. The van der Waals surface area contributed by atoms with Crippen LogP contribution in [0, 0.1) is 11.3 Å². The summed E-state index contributed by atoms with van der Waals surface area (Å²) in [6, 6.07) is 67.7. The molecule has 0 aliphatic rings. The lowest BCUT2D eigenvalue weighted by Crippen LogP contribution is -2.75. The third-order valence-corrected chi connectivity index (χ3v) is 14.1. The molecule has 8 rings (SSSR count). The number of para-hydroxylation sites is 2. The predicted octanol–water partition coefficient (Wildman–Crippen LogP) is 7.70. The van der Waals surface area contributed by atoms with Gasteiger partial charge in [-0.2, -0.15) is 5.26 Å². The Morgan fingerprint density at radius 1 is 0.435 bits per heavy atom. The highest BCUT2D eigenvalue weighted by Gasteiger charge is 2.42. The first-order valence-corrected chi connectivity index (χ1v) is 17.6. The van der Waals surface area contributed by atoms with E-state index in [0.29, 0.717) is 5.56 Å². The Morgan fingerprint density at radius 3 is 1.48 bits per heavy atom. The second kappa shape index (κ2) is 11.5. The summed E-state index contributed by atoms with van der Waals surface area (Å²) in [7, 11) is -2.82. The van der Waals surface area contributed by atoms with Crippen molar-refractivity contribution in [1.82, 2.24) is 4.57 Å². The smallest absolute Gasteiger partial charge is 0.180 e. The van der Waals surface area contributed by atoms with Crippen LogP contribution in [-0.2, 0) is 0 Å². The molecule has 46 heavy (non-hydrogen) atoms. The van der Waals surface area contributed by atoms with Gasteiger partial charge in [0.25, 0.3) is 0 Å². The zero-order valence-electron chi connectivity index (χ0n) is 25.2. The first-order chi connectivity index (χ1) is 22.8. The zero-order valence-corrected chi connectivity index (χ0v) is 26.2. The molecule has 0 N–H and O–H groups in total. The van der Waals surface area contributed by atoms with E-state index in [4.69, 9.17) is 0 Å². The van der Waals surface area contributed by atoms with E-state index in [9.17, 15) is 5.26 Å². The fraction of sp³-hybridized carbons (Fsp3) is 0. The van der Waals surface area contributed by atoms with Gasteiger partial charge in [0.1, 0.15) is 0 Å². The van der Waals surface area contributed by atoms with Crippen LogP contribution in [0.15, 0.2) is 182 Å². The van der Waals surface area contributed by atoms with E-state index in [1.54, 1.807) is 0 Å². The molecule has 216 valence electrons. The van der Waals surface area contributed by atoms with Crippen LogP contribution in [0.4, 0.5) is 0 Å². The molecule has 0 bridgehead atoms. The number of benzene rings is 7. The Kier molecular flexibility index (Phi) is 6.91. The van der Waals surface area contributed by atoms with Gasteiger partial charge in [-0.05, 0) is 68.3 Å². The molecular formula is C43H30N2Si. The molecule has 0 atom stereocenters. The molecule has 0 fully saturated rings. The first-order valence-electron chi connectivity index (χ1n) is 15.6. The number of rotatable bonds is 6. The summed E-state index contributed by atoms with van der Waals surface area (Å²) < 4.78 is 2.37. The molecule has 0 unspecified atom stereocenters. The number of hydrogen-bond acceptors (Lipinski definition) is 1. The van der Waals surface area contributed by atoms with E-state index in [1.807, 2.05) is 12.1 Å². The summed E-state index contributed by atoms with van der Waals surface area (Å²) in [6.45, 7) is 0. The van der Waals surface area contributed by atoms with Crippen molar-refractivity contribution in [3.8, 4) is 22.9 Å². The van der Waals surface area contributed by atoms with Crippen LogP contribution in [0.5, 0.6) is 0 Å². The molecule has 0 radical (unpaired) electrons. The van der Waals surface area contributed by atoms with Gasteiger partial charge >= 0.3 is 0 Å². The van der Waals surface area contributed by atoms with E-state index in [-0.39, 0.29) is 0 Å². The van der Waals surface area contributed by atoms with Gasteiger partial charge in [-0.1, -0.05) is 146 Å². The largest absolute Gasteiger partial charge is 0.309 e. The van der Waals surface area contributed by atoms with Gasteiger partial charge in [-0.15, -0.1) is 0 Å². The van der Waals surface area contributed by atoms with Crippen LogP contribution in [0.25, 0.3) is 38.6 Å². The second-order valence-electron chi connectivity index (χ2n) is 11.6. The lowest BCUT2D eigenvalue weighted by Gasteiger charge is -2.36. The molecule has 0 amide bonds. The molecule has 0 aliphatic heterocycles. The van der Waals surface area contributed by atoms with Gasteiger partial charge in [-0.3, -0.25) is 0 Å². The van der Waals surface area contributed by atoms with Crippen molar-refractivity contribution in [2.24, 2.45) is 0 Å². The molecule has 2 nitrogen and oxygen atoms in total. The van der Waals surface area contributed by atoms with Crippen molar-refractivity contribution in [3.63, 3.8) is 0 Å². The van der Waals surface area contributed by atoms with E-state index in [1.165, 1.54) is 53.7 Å². The van der Waals surface area contributed by atoms with Gasteiger partial charge < -0.3 is 4.57 Å². The monoisotopic (exact) mass is 602 g/mol. The highest BCUT2D eigenvalue weighted by atomic mass is 28.3. The maximum absolute atomic E-state index is 9.64. The predicted molar refractivity (Wildman–Crippen MR) is 195 cm³/mol. The minimum atomic E-state index is -2.82. The topological polar surface area (TPSA) is 28.7 Å². The van der Waals surface area contributed by atoms with E-state index in [0.717, 1.165) is 5.69 Å². The van der Waals surface area contributed by atoms with Crippen LogP contribution >= 0.6 is 0 Å². The third-order valence-electron chi connectivity index (χ3n) is 9.21. The standard InChI is InChI=1S/C43H30N2Si/c44-31-32-23-29-37(30-24-32)46(35-13-3-1-4-14-35,36-15-5-2-6-16-36)43-22-12-9-17-38(43)33-25-27-34(28-26-33)45-41-20-10-7-18-39(41)40-19-8-11-21-42(40)45/h1-30H. The molecule has 1 aromatic heterocycles. The SMILES string of the molecule is N#Cc1ccc([Si](c2ccccc2)(c2ccccc2)c2ccccc2-c2ccc(-n3c4ccccc4c4ccccc43)cc2)cc1. The maximum Gasteiger partial charge on any atom is 0.180 e. The molecule has 0 aliphatic carbocycles. The molecule has 7 aromatic carbocycles. The zero-order chi connectivity index (χ0) is 30.9. The van der Waals surface area contributed by atoms with Crippen molar-refractivity contribution in [1.29, 1.82) is 5.26 Å². The fourth-order valence-corrected chi connectivity index (χ4v) is 12.2. The van der Waals surface area contributed by atoms with Crippen LogP contribution in [0.3, 0.4) is 0 Å². The summed E-state index contributed by atoms with van der Waals surface area (Å²) in [4.78, 5) is 0. The third kappa shape index (κ3) is 4.39. The van der Waals surface area contributed by atoms with Crippen molar-refractivity contribution >= 4 is 50.6 Å². The van der Waals surface area contributed by atoms with Crippen LogP contribution in [0.2, 0.25) is 0 Å². The molecular weight excluding hydrogens is 573 g/mol. The number of aromatic nitrogens is 1. The minimum Gasteiger partial charge on any atom is -0.309 e. The summed E-state index contributed by atoms with van der Waals surface area (Å²) in [6.07, 6.45) is 0. The second-order valence-corrected chi connectivity index (χ2v) is 15.4. The number of nitrogens with zero attached hydrogens (tertiary/aromatic N) is 2. The highest BCUT2D eigenvalue weighted by molar-refractivity contribution is 7.20. The van der Waals surface area contributed by atoms with Crippen LogP contribution < -0.4 is 20.7 Å². The fourth-order valence-electron chi connectivity index (χ4n) is 7.19. The van der Waals surface area contributed by atoms with Crippen LogP contribution in [-0.4, -0.2) is 12.6 Å². The first kappa shape index (κ1) is 27.6. The summed E-state index contributed by atoms with van der Waals surface area (Å²) in [5.74, 6) is 0. The van der Waals surface area contributed by atoms with Crippen molar-refractivity contribution in [2.45, 2.75) is 0 Å². The molecule has 8 aromatic rings. The molecule has 0 spiro atoms. The summed E-state index contributed by atoms with van der Waals surface area (Å²) in [5.41, 5.74) is 6.62. The lowest BCUT2D eigenvalue weighted by molar-refractivity contribution is 1.18. The Bertz CT molecular complexity index is 2260.